The van der Waals surface area contributed by atoms with Crippen molar-refractivity contribution in [1.29, 1.82) is 0 Å². The van der Waals surface area contributed by atoms with Gasteiger partial charge in [0.15, 0.2) is 11.5 Å². The van der Waals surface area contributed by atoms with Gasteiger partial charge in [-0.2, -0.15) is 5.10 Å². The molecule has 4 heterocycles. The van der Waals surface area contributed by atoms with Crippen LogP contribution in [0.3, 0.4) is 0 Å². The van der Waals surface area contributed by atoms with Gasteiger partial charge in [-0.25, -0.2) is 15.0 Å². The lowest BCUT2D eigenvalue weighted by molar-refractivity contribution is 0.0339. The highest BCUT2D eigenvalue weighted by molar-refractivity contribution is 6.31. The molecular weight excluding hydrogens is 424 g/mol. The van der Waals surface area contributed by atoms with E-state index in [4.69, 9.17) is 26.3 Å². The fraction of sp³-hybridized carbons (Fsp3) is 0.583. The summed E-state index contributed by atoms with van der Waals surface area (Å²) in [4.78, 5) is 16.6. The standard InChI is InChI=1S/C24H29ClN6O/c1-14-15-2-4-16(5-3-15)19(14)11-18-12-21(31-6-8-32-9-7-31)28-24(27-18)22-20-10-17(25)13-26-23(20)30-29-22/h10,12-16,19H,2-9,11H2,1H3,(H,26,29,30). The summed E-state index contributed by atoms with van der Waals surface area (Å²) in [5.74, 6) is 4.83. The molecule has 2 atom stereocenters. The smallest absolute Gasteiger partial charge is 0.181 e. The van der Waals surface area contributed by atoms with Crippen LogP contribution in [0.25, 0.3) is 22.6 Å². The van der Waals surface area contributed by atoms with Crippen molar-refractivity contribution in [2.24, 2.45) is 23.7 Å². The number of anilines is 1. The van der Waals surface area contributed by atoms with Crippen molar-refractivity contribution in [3.63, 3.8) is 0 Å². The molecule has 7 nitrogen and oxygen atoms in total. The molecule has 32 heavy (non-hydrogen) atoms. The highest BCUT2D eigenvalue weighted by atomic mass is 35.5. The van der Waals surface area contributed by atoms with Gasteiger partial charge in [0.2, 0.25) is 0 Å². The maximum atomic E-state index is 6.23. The van der Waals surface area contributed by atoms with Gasteiger partial charge in [0.25, 0.3) is 0 Å². The second-order valence-electron chi connectivity index (χ2n) is 9.67. The molecule has 8 heteroatoms. The summed E-state index contributed by atoms with van der Waals surface area (Å²) in [5.41, 5.74) is 2.53. The van der Waals surface area contributed by atoms with Gasteiger partial charge in [-0.1, -0.05) is 18.5 Å². The molecule has 0 amide bonds. The van der Waals surface area contributed by atoms with Crippen molar-refractivity contribution in [1.82, 2.24) is 25.1 Å². The molecule has 1 saturated heterocycles. The zero-order valence-corrected chi connectivity index (χ0v) is 19.2. The zero-order valence-electron chi connectivity index (χ0n) is 18.4. The van der Waals surface area contributed by atoms with E-state index in [1.807, 2.05) is 6.07 Å². The maximum Gasteiger partial charge on any atom is 0.181 e. The number of aromatic amines is 1. The predicted octanol–water partition coefficient (Wildman–Crippen LogP) is 4.52. The summed E-state index contributed by atoms with van der Waals surface area (Å²) in [6, 6.07) is 4.09. The van der Waals surface area contributed by atoms with Gasteiger partial charge in [-0.15, -0.1) is 0 Å². The van der Waals surface area contributed by atoms with E-state index >= 15 is 0 Å². The van der Waals surface area contributed by atoms with Crippen LogP contribution < -0.4 is 4.90 Å². The fourth-order valence-electron chi connectivity index (χ4n) is 6.17. The first kappa shape index (κ1) is 20.4. The quantitative estimate of drug-likeness (QED) is 0.626. The minimum Gasteiger partial charge on any atom is -0.378 e. The zero-order chi connectivity index (χ0) is 21.7. The Morgan fingerprint density at radius 2 is 1.88 bits per heavy atom. The van der Waals surface area contributed by atoms with E-state index in [2.05, 4.69) is 33.1 Å². The molecule has 7 rings (SSSR count). The Bertz CT molecular complexity index is 1120. The molecule has 4 fully saturated rings. The first-order valence-electron chi connectivity index (χ1n) is 11.9. The van der Waals surface area contributed by atoms with Gasteiger partial charge in [0.05, 0.1) is 23.6 Å². The number of ether oxygens (including phenoxy) is 1. The second-order valence-corrected chi connectivity index (χ2v) is 10.1. The van der Waals surface area contributed by atoms with Crippen LogP contribution in [0.5, 0.6) is 0 Å². The number of hydrogen-bond acceptors (Lipinski definition) is 6. The van der Waals surface area contributed by atoms with Crippen LogP contribution in [0.1, 0.15) is 38.3 Å². The van der Waals surface area contributed by atoms with E-state index in [1.54, 1.807) is 6.20 Å². The Labute approximate surface area is 192 Å². The number of nitrogens with zero attached hydrogens (tertiary/aromatic N) is 5. The Morgan fingerprint density at radius 1 is 1.09 bits per heavy atom. The van der Waals surface area contributed by atoms with Gasteiger partial charge in [0, 0.05) is 31.0 Å². The third-order valence-corrected chi connectivity index (χ3v) is 8.19. The highest BCUT2D eigenvalue weighted by Crippen LogP contribution is 2.49. The summed E-state index contributed by atoms with van der Waals surface area (Å²) in [7, 11) is 0. The van der Waals surface area contributed by atoms with E-state index in [-0.39, 0.29) is 0 Å². The van der Waals surface area contributed by atoms with Gasteiger partial charge in [-0.05, 0) is 61.8 Å². The first-order chi connectivity index (χ1) is 15.7. The van der Waals surface area contributed by atoms with Crippen LogP contribution in [0.15, 0.2) is 18.3 Å². The lowest BCUT2D eigenvalue weighted by Gasteiger charge is -2.47. The van der Waals surface area contributed by atoms with E-state index in [9.17, 15) is 0 Å². The van der Waals surface area contributed by atoms with Crippen LogP contribution in [0, 0.1) is 23.7 Å². The molecule has 3 saturated carbocycles. The van der Waals surface area contributed by atoms with Crippen LogP contribution in [-0.4, -0.2) is 51.5 Å². The molecule has 3 aromatic rings. The van der Waals surface area contributed by atoms with Gasteiger partial charge in [-0.3, -0.25) is 5.10 Å². The number of fused-ring (bicyclic) bond motifs is 4. The number of halogens is 1. The number of nitrogens with one attached hydrogen (secondary N) is 1. The Hall–Kier alpha value is -2.25. The molecule has 0 aromatic carbocycles. The lowest BCUT2D eigenvalue weighted by Crippen LogP contribution is -2.40. The third kappa shape index (κ3) is 3.65. The normalized spacial score (nSPS) is 27.9. The van der Waals surface area contributed by atoms with E-state index < -0.39 is 0 Å². The predicted molar refractivity (Wildman–Crippen MR) is 125 cm³/mol. The molecular formula is C24H29ClN6O. The summed E-state index contributed by atoms with van der Waals surface area (Å²) >= 11 is 6.23. The van der Waals surface area contributed by atoms with Crippen molar-refractivity contribution >= 4 is 28.5 Å². The molecule has 2 bridgehead atoms. The van der Waals surface area contributed by atoms with Crippen molar-refractivity contribution in [3.8, 4) is 11.5 Å². The lowest BCUT2D eigenvalue weighted by atomic mass is 9.58. The number of pyridine rings is 1. The van der Waals surface area contributed by atoms with Gasteiger partial charge < -0.3 is 9.64 Å². The van der Waals surface area contributed by atoms with Gasteiger partial charge >= 0.3 is 0 Å². The molecule has 1 aliphatic heterocycles. The third-order valence-electron chi connectivity index (χ3n) is 7.99. The maximum absolute atomic E-state index is 6.23. The molecule has 2 unspecified atom stereocenters. The molecule has 168 valence electrons. The van der Waals surface area contributed by atoms with Crippen molar-refractivity contribution in [2.45, 2.75) is 39.0 Å². The van der Waals surface area contributed by atoms with Crippen LogP contribution in [-0.2, 0) is 11.2 Å². The Kier molecular flexibility index (Phi) is 5.26. The van der Waals surface area contributed by atoms with E-state index in [0.717, 1.165) is 73.1 Å². The van der Waals surface area contributed by atoms with Crippen LogP contribution in [0.4, 0.5) is 5.82 Å². The van der Waals surface area contributed by atoms with Crippen molar-refractivity contribution < 1.29 is 4.74 Å². The second kappa shape index (κ2) is 8.27. The molecule has 4 aliphatic rings. The van der Waals surface area contributed by atoms with E-state index in [0.29, 0.717) is 22.4 Å². The largest absolute Gasteiger partial charge is 0.378 e. The summed E-state index contributed by atoms with van der Waals surface area (Å²) < 4.78 is 5.57. The molecule has 3 aliphatic carbocycles. The highest BCUT2D eigenvalue weighted by Gasteiger charge is 2.41. The molecule has 1 N–H and O–H groups in total. The van der Waals surface area contributed by atoms with Crippen molar-refractivity contribution in [3.05, 3.63) is 29.0 Å². The average molecular weight is 453 g/mol. The average Bonchev–Trinajstić information content (AvgIpc) is 3.25. The SMILES string of the molecule is CC1C2CCC(CC2)C1Cc1cc(N2CCOCC2)nc(-c2[nH]nc3ncc(Cl)cc23)n1. The number of rotatable bonds is 4. The Morgan fingerprint density at radius 3 is 2.66 bits per heavy atom. The first-order valence-corrected chi connectivity index (χ1v) is 12.2. The Balaban J connectivity index is 1.40. The van der Waals surface area contributed by atoms with Crippen molar-refractivity contribution in [2.75, 3.05) is 31.2 Å². The molecule has 3 aromatic heterocycles. The monoisotopic (exact) mass is 452 g/mol. The molecule has 0 radical (unpaired) electrons. The van der Waals surface area contributed by atoms with Gasteiger partial charge in [0.1, 0.15) is 11.5 Å². The summed E-state index contributed by atoms with van der Waals surface area (Å²) in [6.07, 6.45) is 8.20. The fourth-order valence-corrected chi connectivity index (χ4v) is 6.33. The van der Waals surface area contributed by atoms with Crippen LogP contribution >= 0.6 is 11.6 Å². The minimum absolute atomic E-state index is 0.580. The van der Waals surface area contributed by atoms with E-state index in [1.165, 1.54) is 25.7 Å². The minimum atomic E-state index is 0.580. The number of hydrogen-bond donors (Lipinski definition) is 1. The molecule has 0 spiro atoms. The van der Waals surface area contributed by atoms with Crippen LogP contribution in [0.2, 0.25) is 5.02 Å². The summed E-state index contributed by atoms with van der Waals surface area (Å²) in [6.45, 7) is 5.60. The summed E-state index contributed by atoms with van der Waals surface area (Å²) in [5, 5.41) is 8.91. The number of morpholine rings is 1. The topological polar surface area (TPSA) is 79.8 Å². The number of H-pyrrole nitrogens is 1. The number of aromatic nitrogens is 5.